The average molecular weight is 562 g/mol. The Morgan fingerprint density at radius 1 is 0.694 bits per heavy atom. The van der Waals surface area contributed by atoms with Crippen LogP contribution in [-0.2, 0) is 0 Å². The van der Waals surface area contributed by atoms with E-state index in [1.165, 1.54) is 6.07 Å². The van der Waals surface area contributed by atoms with Gasteiger partial charge in [-0.1, -0.05) is 26.0 Å². The zero-order valence-corrected chi connectivity index (χ0v) is 17.9. The van der Waals surface area contributed by atoms with Gasteiger partial charge in [-0.3, -0.25) is 0 Å². The molecule has 2 nitrogen and oxygen atoms in total. The number of ether oxygens (including phenoxy) is 1. The number of hydrogen-bond donors (Lipinski definition) is 1. The van der Waals surface area contributed by atoms with Crippen LogP contribution in [0.25, 0.3) is 0 Å². The normalized spacial score (nSPS) is 15.9. The lowest BCUT2D eigenvalue weighted by Gasteiger charge is -2.41. The van der Waals surface area contributed by atoms with Crippen molar-refractivity contribution in [2.45, 2.75) is 68.1 Å². The third kappa shape index (κ3) is 5.30. The van der Waals surface area contributed by atoms with E-state index in [1.54, 1.807) is 13.8 Å². The Labute approximate surface area is 193 Å². The molecule has 36 heavy (non-hydrogen) atoms. The molecule has 1 aromatic carbocycles. The summed E-state index contributed by atoms with van der Waals surface area (Å²) >= 11 is 0. The van der Waals surface area contributed by atoms with Crippen LogP contribution in [0.2, 0.25) is 0 Å². The lowest BCUT2D eigenvalue weighted by molar-refractivity contribution is -0.453. The molecule has 210 valence electrons. The van der Waals surface area contributed by atoms with Gasteiger partial charge in [0.1, 0.15) is 5.75 Å². The van der Waals surface area contributed by atoms with Crippen LogP contribution in [-0.4, -0.2) is 53.4 Å². The SMILES string of the molecule is CC(C)COc1cccc(C(O)CC(F)(F)C(F)(F)C(F)(F)C(F)(F)C(F)(F)C(F)(F)C(F)(F)F)c1. The van der Waals surface area contributed by atoms with Crippen LogP contribution in [0.5, 0.6) is 5.75 Å². The van der Waals surface area contributed by atoms with Crippen molar-refractivity contribution < 1.29 is 75.7 Å². The van der Waals surface area contributed by atoms with E-state index < -0.39 is 59.8 Å². The molecule has 0 aliphatic heterocycles. The van der Waals surface area contributed by atoms with Gasteiger partial charge in [-0.2, -0.15) is 65.9 Å². The van der Waals surface area contributed by atoms with Gasteiger partial charge in [0.05, 0.1) is 12.7 Å². The van der Waals surface area contributed by atoms with E-state index in [-0.39, 0.29) is 18.3 Å². The van der Waals surface area contributed by atoms with E-state index in [4.69, 9.17) is 4.74 Å². The molecule has 0 aliphatic rings. The van der Waals surface area contributed by atoms with Gasteiger partial charge in [-0.25, -0.2) is 0 Å². The molecule has 0 heterocycles. The molecule has 1 atom stereocenters. The molecule has 1 rings (SSSR count). The minimum atomic E-state index is -8.36. The average Bonchev–Trinajstić information content (AvgIpc) is 2.70. The Hall–Kier alpha value is -2.07. The molecule has 0 aliphatic carbocycles. The minimum Gasteiger partial charge on any atom is -0.493 e. The van der Waals surface area contributed by atoms with Crippen LogP contribution >= 0.6 is 0 Å². The largest absolute Gasteiger partial charge is 0.493 e. The summed E-state index contributed by atoms with van der Waals surface area (Å²) in [6.07, 6.45) is -13.4. The van der Waals surface area contributed by atoms with Crippen LogP contribution in [0.1, 0.15) is 31.9 Å². The summed E-state index contributed by atoms with van der Waals surface area (Å²) in [5.41, 5.74) is -0.726. The first-order valence-electron chi connectivity index (χ1n) is 9.52. The fraction of sp³-hybridized carbons (Fsp3) is 0.684. The maximum absolute atomic E-state index is 14.0. The highest BCUT2D eigenvalue weighted by molar-refractivity contribution is 5.30. The Morgan fingerprint density at radius 3 is 1.58 bits per heavy atom. The third-order valence-electron chi connectivity index (χ3n) is 4.67. The van der Waals surface area contributed by atoms with Crippen LogP contribution in [0.4, 0.5) is 65.9 Å². The number of hydrogen-bond acceptors (Lipinski definition) is 2. The van der Waals surface area contributed by atoms with Gasteiger partial charge in [0.15, 0.2) is 0 Å². The van der Waals surface area contributed by atoms with Crippen LogP contribution in [0, 0.1) is 5.92 Å². The number of rotatable bonds is 11. The van der Waals surface area contributed by atoms with Gasteiger partial charge >= 0.3 is 41.7 Å². The maximum atomic E-state index is 14.0. The zero-order valence-electron chi connectivity index (χ0n) is 17.9. The first kappa shape index (κ1) is 32.0. The summed E-state index contributed by atoms with van der Waals surface area (Å²) in [7, 11) is 0. The van der Waals surface area contributed by atoms with E-state index in [2.05, 4.69) is 0 Å². The Bertz CT molecular complexity index is 893. The summed E-state index contributed by atoms with van der Waals surface area (Å²) in [5.74, 6) is -47.3. The van der Waals surface area contributed by atoms with E-state index >= 15 is 0 Å². The molecule has 1 aromatic rings. The summed E-state index contributed by atoms with van der Waals surface area (Å²) in [5, 5.41) is 9.77. The fourth-order valence-corrected chi connectivity index (χ4v) is 2.56. The second-order valence-corrected chi connectivity index (χ2v) is 8.07. The second-order valence-electron chi connectivity index (χ2n) is 8.07. The van der Waals surface area contributed by atoms with Crippen LogP contribution in [0.15, 0.2) is 24.3 Å². The third-order valence-corrected chi connectivity index (χ3v) is 4.67. The summed E-state index contributed by atoms with van der Waals surface area (Å²) < 4.78 is 204. The molecule has 0 fully saturated rings. The van der Waals surface area contributed by atoms with E-state index in [0.29, 0.717) is 0 Å². The van der Waals surface area contributed by atoms with E-state index in [1.807, 2.05) is 0 Å². The second kappa shape index (κ2) is 9.67. The van der Waals surface area contributed by atoms with Crippen molar-refractivity contribution in [3.8, 4) is 5.75 Å². The molecular weight excluding hydrogens is 545 g/mol. The number of benzene rings is 1. The molecular formula is C19H17F15O2. The molecule has 0 radical (unpaired) electrons. The van der Waals surface area contributed by atoms with Crippen LogP contribution in [0.3, 0.4) is 0 Å². The summed E-state index contributed by atoms with van der Waals surface area (Å²) in [6, 6.07) is 3.72. The van der Waals surface area contributed by atoms with Crippen molar-refractivity contribution in [2.24, 2.45) is 5.92 Å². The van der Waals surface area contributed by atoms with Crippen molar-refractivity contribution in [1.29, 1.82) is 0 Å². The van der Waals surface area contributed by atoms with Crippen molar-refractivity contribution in [3.63, 3.8) is 0 Å². The standard InChI is InChI=1S/C19H17F15O2/c1-9(2)8-36-11-5-3-4-10(6-11)12(35)7-13(20,21)14(22,23)15(24,25)16(26,27)17(28,29)18(30,31)19(32,33)34/h3-6,9,12,35H,7-8H2,1-2H3. The van der Waals surface area contributed by atoms with Crippen LogP contribution < -0.4 is 4.74 Å². The molecule has 17 heteroatoms. The van der Waals surface area contributed by atoms with E-state index in [0.717, 1.165) is 18.2 Å². The Morgan fingerprint density at radius 2 is 1.14 bits per heavy atom. The van der Waals surface area contributed by atoms with Crippen molar-refractivity contribution in [3.05, 3.63) is 29.8 Å². The zero-order chi connectivity index (χ0) is 28.8. The number of alkyl halides is 15. The highest BCUT2D eigenvalue weighted by Gasteiger charge is 2.93. The minimum absolute atomic E-state index is 0.0197. The van der Waals surface area contributed by atoms with Crippen molar-refractivity contribution in [1.82, 2.24) is 0 Å². The van der Waals surface area contributed by atoms with Gasteiger partial charge < -0.3 is 9.84 Å². The maximum Gasteiger partial charge on any atom is 0.460 e. The summed E-state index contributed by atoms with van der Waals surface area (Å²) in [4.78, 5) is 0. The molecule has 0 spiro atoms. The smallest absolute Gasteiger partial charge is 0.460 e. The topological polar surface area (TPSA) is 29.5 Å². The monoisotopic (exact) mass is 562 g/mol. The number of halogens is 15. The molecule has 0 saturated carbocycles. The number of aliphatic hydroxyl groups is 1. The highest BCUT2D eigenvalue weighted by atomic mass is 19.4. The van der Waals surface area contributed by atoms with Crippen molar-refractivity contribution in [2.75, 3.05) is 6.61 Å². The van der Waals surface area contributed by atoms with Crippen molar-refractivity contribution >= 4 is 0 Å². The Kier molecular flexibility index (Phi) is 8.58. The lowest BCUT2D eigenvalue weighted by Crippen LogP contribution is -2.72. The number of aliphatic hydroxyl groups excluding tert-OH is 1. The first-order chi connectivity index (χ1) is 15.8. The predicted molar refractivity (Wildman–Crippen MR) is 92.1 cm³/mol. The van der Waals surface area contributed by atoms with Gasteiger partial charge in [0.2, 0.25) is 0 Å². The molecule has 0 bridgehead atoms. The molecule has 1 unspecified atom stereocenters. The quantitative estimate of drug-likeness (QED) is 0.283. The van der Waals surface area contributed by atoms with Gasteiger partial charge in [0.25, 0.3) is 0 Å². The molecule has 1 N–H and O–H groups in total. The summed E-state index contributed by atoms with van der Waals surface area (Å²) in [6.45, 7) is 3.36. The lowest BCUT2D eigenvalue weighted by atomic mass is 9.88. The molecule has 0 saturated heterocycles. The van der Waals surface area contributed by atoms with Gasteiger partial charge in [-0.15, -0.1) is 0 Å². The fourth-order valence-electron chi connectivity index (χ4n) is 2.56. The Balaban J connectivity index is 3.36. The molecule has 0 amide bonds. The highest BCUT2D eigenvalue weighted by Crippen LogP contribution is 2.63. The van der Waals surface area contributed by atoms with Gasteiger partial charge in [0, 0.05) is 6.42 Å². The first-order valence-corrected chi connectivity index (χ1v) is 9.52. The van der Waals surface area contributed by atoms with E-state index in [9.17, 15) is 71.0 Å². The predicted octanol–water partition coefficient (Wildman–Crippen LogP) is 7.52. The molecule has 0 aromatic heterocycles. The van der Waals surface area contributed by atoms with Gasteiger partial charge in [-0.05, 0) is 23.6 Å².